The largest absolute Gasteiger partial charge is 0.495 e. The smallest absolute Gasteiger partial charge is 0.143 e. The van der Waals surface area contributed by atoms with Gasteiger partial charge in [0.2, 0.25) is 0 Å². The molecule has 0 spiro atoms. The van der Waals surface area contributed by atoms with Gasteiger partial charge >= 0.3 is 0 Å². The van der Waals surface area contributed by atoms with Crippen LogP contribution in [0.4, 0.5) is 0 Å². The van der Waals surface area contributed by atoms with Gasteiger partial charge in [0.1, 0.15) is 11.6 Å². The van der Waals surface area contributed by atoms with Gasteiger partial charge in [-0.2, -0.15) is 0 Å². The lowest BCUT2D eigenvalue weighted by Gasteiger charge is -2.09. The van der Waals surface area contributed by atoms with Gasteiger partial charge in [-0.25, -0.2) is 4.98 Å². The van der Waals surface area contributed by atoms with E-state index in [4.69, 9.17) is 4.74 Å². The first-order chi connectivity index (χ1) is 6.83. The fourth-order valence-electron chi connectivity index (χ4n) is 1.40. The number of methoxy groups -OCH3 is 1. The fourth-order valence-corrected chi connectivity index (χ4v) is 1.40. The lowest BCUT2D eigenvalue weighted by atomic mass is 10.3. The summed E-state index contributed by atoms with van der Waals surface area (Å²) < 4.78 is 7.22. The van der Waals surface area contributed by atoms with E-state index in [1.807, 2.05) is 35.9 Å². The molecule has 0 aliphatic heterocycles. The van der Waals surface area contributed by atoms with Crippen LogP contribution in [0.5, 0.6) is 5.75 Å². The van der Waals surface area contributed by atoms with Crippen molar-refractivity contribution in [2.75, 3.05) is 7.11 Å². The average molecular weight is 187 g/mol. The van der Waals surface area contributed by atoms with Crippen LogP contribution in [-0.4, -0.2) is 16.7 Å². The molecule has 1 aromatic carbocycles. The summed E-state index contributed by atoms with van der Waals surface area (Å²) >= 11 is 0. The average Bonchev–Trinajstić information content (AvgIpc) is 2.64. The molecule has 2 rings (SSSR count). The molecule has 3 heteroatoms. The van der Waals surface area contributed by atoms with Gasteiger partial charge in [0.05, 0.1) is 12.8 Å². The van der Waals surface area contributed by atoms with Gasteiger partial charge < -0.3 is 9.30 Å². The Hall–Kier alpha value is -1.77. The Labute approximate surface area is 83.0 Å². The molecule has 0 amide bonds. The van der Waals surface area contributed by atoms with Crippen LogP contribution in [0.1, 0.15) is 5.82 Å². The second kappa shape index (κ2) is 3.54. The third-order valence-electron chi connectivity index (χ3n) is 2.11. The summed E-state index contributed by atoms with van der Waals surface area (Å²) in [4.78, 5) is 4.17. The van der Waals surface area contributed by atoms with Crippen LogP contribution >= 0.6 is 0 Å². The second-order valence-electron chi connectivity index (χ2n) is 2.94. The van der Waals surface area contributed by atoms with Crippen molar-refractivity contribution in [3.05, 3.63) is 42.5 Å². The normalized spacial score (nSPS) is 10.1. The second-order valence-corrected chi connectivity index (χ2v) is 2.94. The fraction of sp³-hybridized carbons (Fsp3) is 0.182. The van der Waals surface area contributed by atoms with Crippen molar-refractivity contribution in [2.24, 2.45) is 0 Å². The molecule has 0 saturated heterocycles. The number of ether oxygens (including phenoxy) is 1. The highest BCUT2D eigenvalue weighted by Gasteiger charge is 2.05. The number of rotatable bonds is 2. The van der Waals surface area contributed by atoms with Crippen LogP contribution in [-0.2, 0) is 0 Å². The summed E-state index contributed by atoms with van der Waals surface area (Å²) in [6.07, 6.45) is 3.68. The Morgan fingerprint density at radius 1 is 1.50 bits per heavy atom. The third kappa shape index (κ3) is 1.37. The minimum absolute atomic E-state index is 0.800. The van der Waals surface area contributed by atoms with Crippen molar-refractivity contribution in [3.63, 3.8) is 0 Å². The molecule has 0 saturated carbocycles. The predicted octanol–water partition coefficient (Wildman–Crippen LogP) is 1.99. The van der Waals surface area contributed by atoms with Crippen LogP contribution < -0.4 is 4.74 Å². The van der Waals surface area contributed by atoms with Crippen molar-refractivity contribution < 1.29 is 4.74 Å². The first-order valence-electron chi connectivity index (χ1n) is 4.37. The highest BCUT2D eigenvalue weighted by molar-refractivity contribution is 5.46. The first kappa shape index (κ1) is 8.81. The van der Waals surface area contributed by atoms with Gasteiger partial charge in [-0.15, -0.1) is 0 Å². The van der Waals surface area contributed by atoms with E-state index < -0.39 is 0 Å². The molecule has 1 aromatic heterocycles. The number of benzene rings is 1. The quantitative estimate of drug-likeness (QED) is 0.718. The Kier molecular flexibility index (Phi) is 2.23. The van der Waals surface area contributed by atoms with Gasteiger partial charge in [-0.05, 0) is 25.1 Å². The molecule has 14 heavy (non-hydrogen) atoms. The van der Waals surface area contributed by atoms with E-state index >= 15 is 0 Å². The molecule has 0 aliphatic rings. The van der Waals surface area contributed by atoms with Crippen molar-refractivity contribution >= 4 is 0 Å². The molecule has 0 bridgehead atoms. The lowest BCUT2D eigenvalue weighted by Crippen LogP contribution is -1.98. The summed E-state index contributed by atoms with van der Waals surface area (Å²) in [7, 11) is 1.65. The molecule has 71 valence electrons. The number of nitrogens with zero attached hydrogens (tertiary/aromatic N) is 2. The first-order valence-corrected chi connectivity index (χ1v) is 4.37. The molecular weight excluding hydrogens is 176 g/mol. The molecule has 0 atom stereocenters. The minimum atomic E-state index is 0.800. The van der Waals surface area contributed by atoms with Gasteiger partial charge in [0.15, 0.2) is 0 Å². The monoisotopic (exact) mass is 187 g/mol. The molecule has 0 unspecified atom stereocenters. The number of imidazole rings is 1. The molecule has 1 radical (unpaired) electrons. The van der Waals surface area contributed by atoms with Crippen molar-refractivity contribution in [2.45, 2.75) is 6.92 Å². The Bertz CT molecular complexity index is 434. The summed E-state index contributed by atoms with van der Waals surface area (Å²) in [6, 6.07) is 8.60. The van der Waals surface area contributed by atoms with Gasteiger partial charge in [-0.1, -0.05) is 6.07 Å². The Morgan fingerprint density at radius 2 is 2.36 bits per heavy atom. The van der Waals surface area contributed by atoms with Gasteiger partial charge in [0.25, 0.3) is 0 Å². The highest BCUT2D eigenvalue weighted by atomic mass is 16.5. The van der Waals surface area contributed by atoms with E-state index in [0.29, 0.717) is 0 Å². The maximum Gasteiger partial charge on any atom is 0.143 e. The standard InChI is InChI=1S/C11H11N2O/c1-9-12-7-8-13(9)10-5-3-4-6-11(10)14-2/h3,5-8H,1-2H3. The van der Waals surface area contributed by atoms with Gasteiger partial charge in [-0.3, -0.25) is 0 Å². The zero-order valence-corrected chi connectivity index (χ0v) is 8.19. The lowest BCUT2D eigenvalue weighted by molar-refractivity contribution is 0.412. The maximum absolute atomic E-state index is 5.24. The van der Waals surface area contributed by atoms with E-state index in [1.54, 1.807) is 13.3 Å². The topological polar surface area (TPSA) is 27.1 Å². The predicted molar refractivity (Wildman–Crippen MR) is 53.7 cm³/mol. The summed E-state index contributed by atoms with van der Waals surface area (Å²) in [6.45, 7) is 1.95. The number of hydrogen-bond donors (Lipinski definition) is 0. The molecule has 1 heterocycles. The Balaban J connectivity index is 2.56. The molecule has 0 fully saturated rings. The molecular formula is C11H11N2O. The zero-order chi connectivity index (χ0) is 9.97. The van der Waals surface area contributed by atoms with Crippen molar-refractivity contribution in [1.29, 1.82) is 0 Å². The van der Waals surface area contributed by atoms with Gasteiger partial charge in [0, 0.05) is 12.4 Å². The van der Waals surface area contributed by atoms with E-state index in [2.05, 4.69) is 11.1 Å². The van der Waals surface area contributed by atoms with E-state index in [-0.39, 0.29) is 0 Å². The van der Waals surface area contributed by atoms with Crippen LogP contribution in [0.15, 0.2) is 30.6 Å². The third-order valence-corrected chi connectivity index (χ3v) is 2.11. The molecule has 2 aromatic rings. The summed E-state index contributed by atoms with van der Waals surface area (Å²) in [5, 5.41) is 0. The maximum atomic E-state index is 5.24. The van der Waals surface area contributed by atoms with Crippen molar-refractivity contribution in [1.82, 2.24) is 9.55 Å². The van der Waals surface area contributed by atoms with E-state index in [1.165, 1.54) is 0 Å². The molecule has 0 N–H and O–H groups in total. The number of aryl methyl sites for hydroxylation is 1. The number of hydrogen-bond acceptors (Lipinski definition) is 2. The van der Waals surface area contributed by atoms with Crippen molar-refractivity contribution in [3.8, 4) is 11.4 Å². The Morgan fingerprint density at radius 3 is 3.00 bits per heavy atom. The van der Waals surface area contributed by atoms with E-state index in [9.17, 15) is 0 Å². The highest BCUT2D eigenvalue weighted by Crippen LogP contribution is 2.22. The van der Waals surface area contributed by atoms with Crippen LogP contribution in [0.3, 0.4) is 0 Å². The van der Waals surface area contributed by atoms with Crippen LogP contribution in [0.2, 0.25) is 0 Å². The summed E-state index contributed by atoms with van der Waals surface area (Å²) in [5.41, 5.74) is 0.987. The summed E-state index contributed by atoms with van der Waals surface area (Å²) in [5.74, 6) is 1.74. The van der Waals surface area contributed by atoms with E-state index in [0.717, 1.165) is 17.3 Å². The number of aromatic nitrogens is 2. The minimum Gasteiger partial charge on any atom is -0.495 e. The zero-order valence-electron chi connectivity index (χ0n) is 8.19. The molecule has 3 nitrogen and oxygen atoms in total. The van der Waals surface area contributed by atoms with Crippen LogP contribution in [0, 0.1) is 13.0 Å². The molecule has 0 aliphatic carbocycles. The SMILES string of the molecule is COc1c[c]ccc1-n1ccnc1C. The van der Waals surface area contributed by atoms with Crippen LogP contribution in [0.25, 0.3) is 5.69 Å².